The highest BCUT2D eigenvalue weighted by molar-refractivity contribution is 14.1. The van der Waals surface area contributed by atoms with Crippen LogP contribution in [0.5, 0.6) is 0 Å². The second kappa shape index (κ2) is 28.5. The van der Waals surface area contributed by atoms with Crippen molar-refractivity contribution in [1.82, 2.24) is 31.9 Å². The van der Waals surface area contributed by atoms with Crippen LogP contribution in [0.1, 0.15) is 52.6 Å². The van der Waals surface area contributed by atoms with Gasteiger partial charge in [0.1, 0.15) is 0 Å². The molecule has 0 heterocycles. The molecule has 0 aromatic heterocycles. The Balaban J connectivity index is 2.30. The molecular formula is C35H44I6N6O15. The average Bonchev–Trinajstić information content (AvgIpc) is 3.24. The number of carbonyl (C=O) groups is 6. The number of amides is 6. The lowest BCUT2D eigenvalue weighted by atomic mass is 10.0. The number of rotatable bonds is 24. The number of halogens is 6. The van der Waals surface area contributed by atoms with Crippen LogP contribution in [-0.2, 0) is 22.4 Å². The Hall–Kier alpha value is -0.720. The van der Waals surface area contributed by atoms with Gasteiger partial charge in [-0.05, 0) is 147 Å². The molecule has 21 nitrogen and oxygen atoms in total. The summed E-state index contributed by atoms with van der Waals surface area (Å²) in [7, 11) is 0. The van der Waals surface area contributed by atoms with Crippen molar-refractivity contribution in [2.45, 2.75) is 43.4 Å². The summed E-state index contributed by atoms with van der Waals surface area (Å²) in [5.74, 6) is -4.16. The van der Waals surface area contributed by atoms with Crippen LogP contribution < -0.4 is 31.9 Å². The molecule has 4 unspecified atom stereocenters. The molecule has 2 aromatic rings. The quantitative estimate of drug-likeness (QED) is 0.0467. The van der Waals surface area contributed by atoms with E-state index in [9.17, 15) is 74.7 Å². The van der Waals surface area contributed by atoms with Crippen molar-refractivity contribution in [1.29, 1.82) is 0 Å². The van der Waals surface area contributed by atoms with Crippen molar-refractivity contribution in [3.8, 4) is 0 Å². The first-order chi connectivity index (χ1) is 29.1. The molecule has 0 aliphatic rings. The Morgan fingerprint density at radius 1 is 0.355 bits per heavy atom. The molecular weight excluding hydrogens is 1510 g/mol. The fourth-order valence-electron chi connectivity index (χ4n) is 4.97. The van der Waals surface area contributed by atoms with Crippen molar-refractivity contribution in [2.24, 2.45) is 0 Å². The zero-order chi connectivity index (χ0) is 47.0. The number of nitrogens with one attached hydrogen (secondary N) is 6. The maximum atomic E-state index is 13.3. The van der Waals surface area contributed by atoms with E-state index in [-0.39, 0.29) is 107 Å². The van der Waals surface area contributed by atoms with Gasteiger partial charge in [-0.3, -0.25) is 28.8 Å². The van der Waals surface area contributed by atoms with Crippen LogP contribution in [0.4, 0.5) is 0 Å². The van der Waals surface area contributed by atoms with Crippen LogP contribution in [0, 0.1) is 21.4 Å². The van der Waals surface area contributed by atoms with Gasteiger partial charge in [0.05, 0.1) is 92.0 Å². The lowest BCUT2D eigenvalue weighted by molar-refractivity contribution is -0.121. The van der Waals surface area contributed by atoms with Gasteiger partial charge in [-0.2, -0.15) is 0 Å². The SMILES string of the molecule is O=C(Cc1c(I)c(C(=O)NCC(O)CO)c(I)c(C(=O)NCC(O)CO)c1I)NCC(O)CNC(=O)Cc1c(I)c(C(=O)NCC(O)CO)c(I)c(C(=O)NCC(O)CO)c1I. The van der Waals surface area contributed by atoms with E-state index in [4.69, 9.17) is 0 Å². The molecule has 27 heteroatoms. The van der Waals surface area contributed by atoms with Crippen molar-refractivity contribution >= 4 is 171 Å². The van der Waals surface area contributed by atoms with Crippen LogP contribution >= 0.6 is 136 Å². The largest absolute Gasteiger partial charge is 0.394 e. The minimum absolute atomic E-state index is 0.00546. The third kappa shape index (κ3) is 16.9. The van der Waals surface area contributed by atoms with Gasteiger partial charge in [-0.25, -0.2) is 0 Å². The molecule has 15 N–H and O–H groups in total. The Kier molecular flexibility index (Phi) is 26.3. The van der Waals surface area contributed by atoms with Crippen molar-refractivity contribution in [3.63, 3.8) is 0 Å². The minimum atomic E-state index is -1.33. The normalized spacial score (nSPS) is 13.6. The molecule has 2 rings (SSSR count). The predicted octanol–water partition coefficient (Wildman–Crippen LogP) is -2.98. The summed E-state index contributed by atoms with van der Waals surface area (Å²) in [5, 5.41) is 102. The molecule has 62 heavy (non-hydrogen) atoms. The lowest BCUT2D eigenvalue weighted by Gasteiger charge is -2.20. The third-order valence-corrected chi connectivity index (χ3v) is 15.2. The van der Waals surface area contributed by atoms with E-state index in [1.165, 1.54) is 0 Å². The van der Waals surface area contributed by atoms with E-state index in [0.717, 1.165) is 0 Å². The summed E-state index contributed by atoms with van der Waals surface area (Å²) in [6.07, 6.45) is -7.19. The molecule has 2 aromatic carbocycles. The van der Waals surface area contributed by atoms with E-state index in [0.29, 0.717) is 0 Å². The highest BCUT2D eigenvalue weighted by atomic mass is 127. The number of carbonyl (C=O) groups excluding carboxylic acids is 6. The summed E-state index contributed by atoms with van der Waals surface area (Å²) >= 11 is 10.9. The molecule has 0 aliphatic carbocycles. The van der Waals surface area contributed by atoms with Crippen LogP contribution in [0.25, 0.3) is 0 Å². The van der Waals surface area contributed by atoms with Crippen LogP contribution in [0.3, 0.4) is 0 Å². The first-order valence-corrected chi connectivity index (χ1v) is 24.5. The number of aliphatic hydroxyl groups excluding tert-OH is 9. The smallest absolute Gasteiger partial charge is 0.253 e. The van der Waals surface area contributed by atoms with E-state index in [1.807, 2.05) is 90.4 Å². The molecule has 0 spiro atoms. The monoisotopic (exact) mass is 1550 g/mol. The number of aliphatic hydroxyl groups is 9. The summed E-state index contributed by atoms with van der Waals surface area (Å²) in [6.45, 7) is -4.52. The van der Waals surface area contributed by atoms with E-state index in [2.05, 4.69) is 31.9 Å². The van der Waals surface area contributed by atoms with Gasteiger partial charge in [0, 0.05) is 60.7 Å². The maximum Gasteiger partial charge on any atom is 0.253 e. The Labute approximate surface area is 436 Å². The number of hydrogen-bond donors (Lipinski definition) is 15. The van der Waals surface area contributed by atoms with E-state index < -0.39 is 92.4 Å². The molecule has 0 aliphatic heterocycles. The van der Waals surface area contributed by atoms with Gasteiger partial charge in [0.2, 0.25) is 11.8 Å². The second-order valence-corrected chi connectivity index (χ2v) is 19.6. The zero-order valence-corrected chi connectivity index (χ0v) is 45.1. The molecule has 4 atom stereocenters. The molecule has 346 valence electrons. The van der Waals surface area contributed by atoms with Crippen LogP contribution in [-0.4, -0.2) is 178 Å². The van der Waals surface area contributed by atoms with Gasteiger partial charge in [-0.1, -0.05) is 0 Å². The minimum Gasteiger partial charge on any atom is -0.394 e. The third-order valence-electron chi connectivity index (χ3n) is 8.30. The molecule has 0 bridgehead atoms. The summed E-state index contributed by atoms with van der Waals surface area (Å²) in [5.41, 5.74) is 0.487. The van der Waals surface area contributed by atoms with Gasteiger partial charge in [0.25, 0.3) is 23.6 Å². The van der Waals surface area contributed by atoms with Crippen molar-refractivity contribution < 1.29 is 74.7 Å². The second-order valence-electron chi connectivity index (χ2n) is 13.1. The fourth-order valence-corrected chi connectivity index (χ4v) is 14.0. The Bertz CT molecular complexity index is 1720. The average molecular weight is 1550 g/mol. The van der Waals surface area contributed by atoms with Crippen molar-refractivity contribution in [3.05, 3.63) is 54.8 Å². The van der Waals surface area contributed by atoms with Gasteiger partial charge >= 0.3 is 0 Å². The number of hydrogen-bond acceptors (Lipinski definition) is 15. The highest BCUT2D eigenvalue weighted by Crippen LogP contribution is 2.34. The Morgan fingerprint density at radius 2 is 0.565 bits per heavy atom. The summed E-state index contributed by atoms with van der Waals surface area (Å²) < 4.78 is 1.51. The van der Waals surface area contributed by atoms with Crippen molar-refractivity contribution in [2.75, 3.05) is 65.7 Å². The standard InChI is InChI=1S/C35H44I6N6O15/c36-26-18(27(37)23(33(60)45-6-15(54)10-49)30(40)22(26)32(59)44-5-14(53)9-48)1-20(57)42-3-13(52)4-43-21(58)2-19-28(38)24(34(61)46-7-16(55)11-50)31(41)25(29(19)39)35(62)47-8-17(56)12-51/h13-17,48-56H,1-12H2,(H,42,57)(H,43,58)(H,44,59)(H,45,60)(H,46,61)(H,47,62). The van der Waals surface area contributed by atoms with E-state index in [1.54, 1.807) is 45.2 Å². The summed E-state index contributed by atoms with van der Waals surface area (Å²) in [6, 6.07) is 0. The Morgan fingerprint density at radius 3 is 0.774 bits per heavy atom. The van der Waals surface area contributed by atoms with Gasteiger partial charge in [0.15, 0.2) is 0 Å². The van der Waals surface area contributed by atoms with E-state index >= 15 is 0 Å². The zero-order valence-electron chi connectivity index (χ0n) is 32.1. The lowest BCUT2D eigenvalue weighted by Crippen LogP contribution is -2.41. The molecule has 0 saturated carbocycles. The first kappa shape index (κ1) is 57.4. The van der Waals surface area contributed by atoms with Gasteiger partial charge in [-0.15, -0.1) is 0 Å². The number of benzene rings is 2. The maximum absolute atomic E-state index is 13.3. The predicted molar refractivity (Wildman–Crippen MR) is 270 cm³/mol. The summed E-state index contributed by atoms with van der Waals surface area (Å²) in [4.78, 5) is 79.8. The molecule has 0 saturated heterocycles. The van der Waals surface area contributed by atoms with Crippen LogP contribution in [0.2, 0.25) is 0 Å². The topological polar surface area (TPSA) is 357 Å². The molecule has 0 radical (unpaired) electrons. The molecule has 6 amide bonds. The fraction of sp³-hybridized carbons (Fsp3) is 0.486. The first-order valence-electron chi connectivity index (χ1n) is 18.0. The van der Waals surface area contributed by atoms with Crippen LogP contribution in [0.15, 0.2) is 0 Å². The molecule has 0 fully saturated rings. The highest BCUT2D eigenvalue weighted by Gasteiger charge is 2.31. The van der Waals surface area contributed by atoms with Gasteiger partial charge < -0.3 is 77.9 Å².